The van der Waals surface area contributed by atoms with Gasteiger partial charge in [0.15, 0.2) is 8.32 Å². The fourth-order valence-corrected chi connectivity index (χ4v) is 11.3. The second-order valence-corrected chi connectivity index (χ2v) is 20.1. The summed E-state index contributed by atoms with van der Waals surface area (Å²) in [7, 11) is -1.54. The van der Waals surface area contributed by atoms with E-state index in [0.717, 1.165) is 35.5 Å². The smallest absolute Gasteiger partial charge is 0.184 e. The van der Waals surface area contributed by atoms with Crippen molar-refractivity contribution in [3.8, 4) is 0 Å². The quantitative estimate of drug-likeness (QED) is 0.257. The fourth-order valence-electron chi connectivity index (χ4n) is 10.0. The number of hydrogen-bond donors (Lipinski definition) is 0. The highest BCUT2D eigenvalue weighted by Crippen LogP contribution is 2.69. The molecule has 4 aliphatic carbocycles. The molecule has 0 unspecified atom stereocenters. The molecule has 3 fully saturated rings. The van der Waals surface area contributed by atoms with Gasteiger partial charge in [0.1, 0.15) is 0 Å². The molecule has 0 aromatic rings. The van der Waals surface area contributed by atoms with Crippen LogP contribution in [0.15, 0.2) is 11.6 Å². The summed E-state index contributed by atoms with van der Waals surface area (Å²) in [5.41, 5.74) is 2.94. The zero-order valence-electron chi connectivity index (χ0n) is 24.6. The van der Waals surface area contributed by atoms with E-state index in [4.69, 9.17) is 4.43 Å². The predicted octanol–water partition coefficient (Wildman–Crippen LogP) is 9.88. The number of fused-ring (bicyclic) bond motifs is 5. The summed E-state index contributed by atoms with van der Waals surface area (Å²) in [4.78, 5) is 0. The average molecular weight is 487 g/mol. The first-order valence-corrected chi connectivity index (χ1v) is 18.5. The van der Waals surface area contributed by atoms with Crippen molar-refractivity contribution in [2.24, 2.45) is 51.8 Å². The second kappa shape index (κ2) is 9.34. The lowest BCUT2D eigenvalue weighted by Gasteiger charge is -2.62. The van der Waals surface area contributed by atoms with Crippen LogP contribution in [-0.2, 0) is 4.43 Å². The normalized spacial score (nSPS) is 42.6. The van der Waals surface area contributed by atoms with Crippen LogP contribution in [0.5, 0.6) is 0 Å². The van der Waals surface area contributed by atoms with Gasteiger partial charge in [0.2, 0.25) is 0 Å². The van der Waals surface area contributed by atoms with Crippen LogP contribution in [-0.4, -0.2) is 14.4 Å². The molecule has 0 aromatic heterocycles. The van der Waals surface area contributed by atoms with Crippen LogP contribution in [0.3, 0.4) is 0 Å². The first-order chi connectivity index (χ1) is 15.7. The van der Waals surface area contributed by atoms with Crippen LogP contribution in [0.2, 0.25) is 19.6 Å². The summed E-state index contributed by atoms with van der Waals surface area (Å²) in [6.07, 6.45) is 17.3. The minimum Gasteiger partial charge on any atom is -0.414 e. The maximum Gasteiger partial charge on any atom is 0.184 e. The van der Waals surface area contributed by atoms with Crippen LogP contribution in [0, 0.1) is 51.8 Å². The van der Waals surface area contributed by atoms with E-state index in [0.29, 0.717) is 16.9 Å². The van der Waals surface area contributed by atoms with Crippen LogP contribution >= 0.6 is 0 Å². The number of hydrogen-bond acceptors (Lipinski definition) is 1. The highest BCUT2D eigenvalue weighted by Gasteiger charge is 2.61. The van der Waals surface area contributed by atoms with Gasteiger partial charge in [-0.1, -0.05) is 79.4 Å². The molecule has 0 spiro atoms. The van der Waals surface area contributed by atoms with Crippen molar-refractivity contribution in [2.75, 3.05) is 0 Å². The van der Waals surface area contributed by atoms with Crippen LogP contribution in [0.4, 0.5) is 0 Å². The van der Waals surface area contributed by atoms with Gasteiger partial charge < -0.3 is 4.43 Å². The molecule has 4 aliphatic rings. The van der Waals surface area contributed by atoms with E-state index in [-0.39, 0.29) is 5.41 Å². The Morgan fingerprint density at radius 1 is 0.912 bits per heavy atom. The minimum absolute atomic E-state index is 0.183. The molecule has 4 rings (SSSR count). The number of allylic oxidation sites excluding steroid dienone is 1. The molecule has 0 radical (unpaired) electrons. The fraction of sp³-hybridized carbons (Fsp3) is 0.938. The molecule has 34 heavy (non-hydrogen) atoms. The van der Waals surface area contributed by atoms with Gasteiger partial charge in [-0.2, -0.15) is 0 Å². The molecular formula is C32H58OSi. The lowest BCUT2D eigenvalue weighted by molar-refractivity contribution is -0.0752. The highest BCUT2D eigenvalue weighted by molar-refractivity contribution is 6.69. The van der Waals surface area contributed by atoms with E-state index in [1.807, 2.05) is 0 Å². The molecule has 0 bridgehead atoms. The van der Waals surface area contributed by atoms with Crippen molar-refractivity contribution >= 4 is 8.32 Å². The van der Waals surface area contributed by atoms with Gasteiger partial charge in [0.05, 0.1) is 6.10 Å². The van der Waals surface area contributed by atoms with Crippen molar-refractivity contribution in [3.05, 3.63) is 11.6 Å². The summed E-state index contributed by atoms with van der Waals surface area (Å²) in [5.74, 6) is 5.49. The van der Waals surface area contributed by atoms with Gasteiger partial charge in [-0.15, -0.1) is 0 Å². The molecule has 2 heteroatoms. The minimum atomic E-state index is -1.54. The molecule has 0 N–H and O–H groups in total. The Morgan fingerprint density at radius 2 is 1.62 bits per heavy atom. The number of rotatable bonds is 7. The third-order valence-electron chi connectivity index (χ3n) is 11.6. The molecule has 0 aromatic carbocycles. The Morgan fingerprint density at radius 3 is 2.26 bits per heavy atom. The van der Waals surface area contributed by atoms with Crippen molar-refractivity contribution < 1.29 is 4.43 Å². The molecule has 1 nitrogen and oxygen atoms in total. The van der Waals surface area contributed by atoms with Gasteiger partial charge in [-0.05, 0) is 111 Å². The molecule has 0 aliphatic heterocycles. The molecule has 8 atom stereocenters. The van der Waals surface area contributed by atoms with Gasteiger partial charge in [0.25, 0.3) is 0 Å². The van der Waals surface area contributed by atoms with Crippen LogP contribution in [0.25, 0.3) is 0 Å². The molecular weight excluding hydrogens is 428 g/mol. The van der Waals surface area contributed by atoms with E-state index in [1.54, 1.807) is 5.57 Å². The van der Waals surface area contributed by atoms with E-state index < -0.39 is 8.32 Å². The summed E-state index contributed by atoms with van der Waals surface area (Å²) in [6.45, 7) is 24.9. The van der Waals surface area contributed by atoms with E-state index in [2.05, 4.69) is 74.2 Å². The van der Waals surface area contributed by atoms with Crippen molar-refractivity contribution in [1.29, 1.82) is 0 Å². The lowest BCUT2D eigenvalue weighted by Crippen LogP contribution is -2.56. The zero-order chi connectivity index (χ0) is 25.1. The average Bonchev–Trinajstić information content (AvgIpc) is 3.06. The van der Waals surface area contributed by atoms with Crippen molar-refractivity contribution in [2.45, 2.75) is 138 Å². The van der Waals surface area contributed by atoms with Crippen molar-refractivity contribution in [1.82, 2.24) is 0 Å². The van der Waals surface area contributed by atoms with Crippen LogP contribution in [0.1, 0.15) is 113 Å². The van der Waals surface area contributed by atoms with E-state index in [1.165, 1.54) is 64.2 Å². The van der Waals surface area contributed by atoms with Crippen LogP contribution < -0.4 is 0 Å². The maximum absolute atomic E-state index is 6.79. The van der Waals surface area contributed by atoms with E-state index in [9.17, 15) is 0 Å². The molecule has 3 saturated carbocycles. The summed E-state index contributed by atoms with van der Waals surface area (Å²) >= 11 is 0. The maximum atomic E-state index is 6.79. The third kappa shape index (κ3) is 4.66. The Kier molecular flexibility index (Phi) is 7.41. The molecule has 0 amide bonds. The summed E-state index contributed by atoms with van der Waals surface area (Å²) in [5, 5.41) is 0. The Balaban J connectivity index is 1.53. The molecule has 0 saturated heterocycles. The standard InChI is InChI=1S/C32H58OSi/c1-22(2)12-11-13-23(3)25-15-16-26-24-14-17-28-30(4,5)29(33-34(8,9)10)19-21-32(28,7)27(24)18-20-31(25,26)6/h17,22-27,29H,11-16,18-21H2,1-10H3/t23-,24+,25-,26+,27+,29+,31-,32-/m1/s1. The second-order valence-electron chi connectivity index (χ2n) is 15.7. The van der Waals surface area contributed by atoms with E-state index >= 15 is 0 Å². The molecule has 0 heterocycles. The van der Waals surface area contributed by atoms with Gasteiger partial charge in [-0.25, -0.2) is 0 Å². The SMILES string of the molecule is CC(C)CCC[C@@H](C)[C@H]1CC[C@H]2[C@@H]3CC=C4C(C)(C)[C@@H](O[Si](C)(C)C)CC[C@]4(C)[C@H]3CC[C@]12C. The Hall–Kier alpha value is -0.0831. The Labute approximate surface area is 214 Å². The predicted molar refractivity (Wildman–Crippen MR) is 150 cm³/mol. The van der Waals surface area contributed by atoms with Gasteiger partial charge >= 0.3 is 0 Å². The summed E-state index contributed by atoms with van der Waals surface area (Å²) in [6, 6.07) is 0. The zero-order valence-corrected chi connectivity index (χ0v) is 25.6. The monoisotopic (exact) mass is 486 g/mol. The lowest BCUT2D eigenvalue weighted by atomic mass is 9.44. The Bertz CT molecular complexity index is 759. The highest BCUT2D eigenvalue weighted by atomic mass is 28.4. The molecule has 196 valence electrons. The van der Waals surface area contributed by atoms with Gasteiger partial charge in [0, 0.05) is 5.41 Å². The van der Waals surface area contributed by atoms with Crippen molar-refractivity contribution in [3.63, 3.8) is 0 Å². The summed E-state index contributed by atoms with van der Waals surface area (Å²) < 4.78 is 6.79. The largest absolute Gasteiger partial charge is 0.414 e. The first kappa shape index (κ1) is 27.0. The topological polar surface area (TPSA) is 9.23 Å². The first-order valence-electron chi connectivity index (χ1n) is 15.1. The van der Waals surface area contributed by atoms with Gasteiger partial charge in [-0.3, -0.25) is 0 Å². The third-order valence-corrected chi connectivity index (χ3v) is 12.6.